The van der Waals surface area contributed by atoms with Crippen molar-refractivity contribution in [2.75, 3.05) is 31.5 Å². The Hall–Kier alpha value is -1.03. The van der Waals surface area contributed by atoms with Gasteiger partial charge in [-0.15, -0.1) is 0 Å². The highest BCUT2D eigenvalue weighted by Gasteiger charge is 2.09. The summed E-state index contributed by atoms with van der Waals surface area (Å²) in [5.41, 5.74) is 0. The summed E-state index contributed by atoms with van der Waals surface area (Å²) in [6.07, 6.45) is 6.39. The van der Waals surface area contributed by atoms with Gasteiger partial charge in [0.25, 0.3) is 0 Å². The molecule has 0 aliphatic heterocycles. The maximum Gasteiger partial charge on any atom is 0.203 e. The molecule has 0 saturated heterocycles. The predicted octanol–water partition coefficient (Wildman–Crippen LogP) is 3.00. The Morgan fingerprint density at radius 2 is 2.06 bits per heavy atom. The minimum Gasteiger partial charge on any atom is -0.356 e. The largest absolute Gasteiger partial charge is 0.356 e. The van der Waals surface area contributed by atoms with Crippen LogP contribution in [-0.2, 0) is 0 Å². The fourth-order valence-corrected chi connectivity index (χ4v) is 2.25. The van der Waals surface area contributed by atoms with Crippen molar-refractivity contribution < 1.29 is 0 Å². The summed E-state index contributed by atoms with van der Waals surface area (Å²) in [6, 6.07) is 0.511. The molecule has 1 aromatic rings. The van der Waals surface area contributed by atoms with Crippen LogP contribution in [0.4, 0.5) is 5.95 Å². The second-order valence-corrected chi connectivity index (χ2v) is 4.71. The molecule has 1 N–H and O–H groups in total. The summed E-state index contributed by atoms with van der Waals surface area (Å²) < 4.78 is 2.24. The number of rotatable bonds is 9. The number of hydrogen-bond acceptors (Lipinski definition) is 3. The Morgan fingerprint density at radius 1 is 1.33 bits per heavy atom. The molecule has 1 aromatic heterocycles. The first kappa shape index (κ1) is 15.0. The first-order valence-electron chi connectivity index (χ1n) is 7.21. The van der Waals surface area contributed by atoms with E-state index in [2.05, 4.69) is 53.7 Å². The van der Waals surface area contributed by atoms with E-state index in [-0.39, 0.29) is 0 Å². The second kappa shape index (κ2) is 8.14. The molecule has 4 heteroatoms. The van der Waals surface area contributed by atoms with E-state index in [1.54, 1.807) is 0 Å². The van der Waals surface area contributed by atoms with Crippen LogP contribution in [0.2, 0.25) is 0 Å². The Balaban J connectivity index is 2.40. The lowest BCUT2D eigenvalue weighted by molar-refractivity contribution is 0.288. The van der Waals surface area contributed by atoms with E-state index in [4.69, 9.17) is 0 Å². The molecule has 1 unspecified atom stereocenters. The van der Waals surface area contributed by atoms with Crippen LogP contribution < -0.4 is 5.32 Å². The number of anilines is 1. The fourth-order valence-electron chi connectivity index (χ4n) is 2.25. The Bertz CT molecular complexity index is 317. The third-order valence-corrected chi connectivity index (χ3v) is 3.47. The van der Waals surface area contributed by atoms with Crippen LogP contribution >= 0.6 is 0 Å². The zero-order valence-electron chi connectivity index (χ0n) is 12.3. The Kier molecular flexibility index (Phi) is 6.80. The molecule has 0 bridgehead atoms. The summed E-state index contributed by atoms with van der Waals surface area (Å²) in [6.45, 7) is 13.2. The van der Waals surface area contributed by atoms with Gasteiger partial charge in [-0.1, -0.05) is 13.8 Å². The quantitative estimate of drug-likeness (QED) is 0.733. The second-order valence-electron chi connectivity index (χ2n) is 4.71. The average Bonchev–Trinajstić information content (AvgIpc) is 2.83. The molecule has 0 fully saturated rings. The van der Waals surface area contributed by atoms with Crippen LogP contribution in [0.5, 0.6) is 0 Å². The topological polar surface area (TPSA) is 33.1 Å². The Labute approximate surface area is 111 Å². The smallest absolute Gasteiger partial charge is 0.203 e. The van der Waals surface area contributed by atoms with Gasteiger partial charge in [-0.2, -0.15) is 0 Å². The molecule has 0 aliphatic rings. The predicted molar refractivity (Wildman–Crippen MR) is 78.1 cm³/mol. The van der Waals surface area contributed by atoms with Crippen LogP contribution in [0.25, 0.3) is 0 Å². The number of hydrogen-bond donors (Lipinski definition) is 1. The van der Waals surface area contributed by atoms with Crippen molar-refractivity contribution in [2.24, 2.45) is 0 Å². The maximum absolute atomic E-state index is 4.34. The lowest BCUT2D eigenvalue weighted by atomic mass is 10.1. The molecule has 0 spiro atoms. The van der Waals surface area contributed by atoms with Crippen molar-refractivity contribution in [1.29, 1.82) is 0 Å². The molecule has 0 radical (unpaired) electrons. The monoisotopic (exact) mass is 252 g/mol. The molecule has 1 heterocycles. The normalized spacial score (nSPS) is 12.9. The van der Waals surface area contributed by atoms with Gasteiger partial charge in [0.05, 0.1) is 0 Å². The average molecular weight is 252 g/mol. The van der Waals surface area contributed by atoms with Gasteiger partial charge in [-0.3, -0.25) is 0 Å². The molecule has 18 heavy (non-hydrogen) atoms. The molecule has 0 aromatic carbocycles. The van der Waals surface area contributed by atoms with Crippen LogP contribution in [-0.4, -0.2) is 40.6 Å². The van der Waals surface area contributed by atoms with Gasteiger partial charge < -0.3 is 14.8 Å². The highest BCUT2D eigenvalue weighted by Crippen LogP contribution is 2.18. The van der Waals surface area contributed by atoms with E-state index in [0.29, 0.717) is 6.04 Å². The number of aromatic nitrogens is 2. The minimum absolute atomic E-state index is 0.511. The number of nitrogens with zero attached hydrogens (tertiary/aromatic N) is 3. The van der Waals surface area contributed by atoms with E-state index in [0.717, 1.165) is 25.6 Å². The SMILES string of the molecule is CCNc1nccn1C(C)CCCN(CC)CC. The zero-order chi connectivity index (χ0) is 13.4. The molecule has 0 saturated carbocycles. The lowest BCUT2D eigenvalue weighted by Crippen LogP contribution is -2.24. The summed E-state index contributed by atoms with van der Waals surface area (Å²) in [5.74, 6) is 0.993. The van der Waals surface area contributed by atoms with Crippen LogP contribution in [0.1, 0.15) is 46.6 Å². The standard InChI is InChI=1S/C14H28N4/c1-5-15-14-16-10-12-18(14)13(4)9-8-11-17(6-2)7-3/h10,12-13H,5-9,11H2,1-4H3,(H,15,16). The van der Waals surface area contributed by atoms with Crippen molar-refractivity contribution in [1.82, 2.24) is 14.5 Å². The molecular formula is C14H28N4. The van der Waals surface area contributed by atoms with Gasteiger partial charge in [0.15, 0.2) is 0 Å². The van der Waals surface area contributed by atoms with E-state index in [1.165, 1.54) is 19.4 Å². The fraction of sp³-hybridized carbons (Fsp3) is 0.786. The number of imidazole rings is 1. The molecule has 0 aliphatic carbocycles. The maximum atomic E-state index is 4.34. The van der Waals surface area contributed by atoms with Crippen molar-refractivity contribution >= 4 is 5.95 Å². The van der Waals surface area contributed by atoms with Crippen LogP contribution in [0.3, 0.4) is 0 Å². The summed E-state index contributed by atoms with van der Waals surface area (Å²) in [5, 5.41) is 3.30. The third-order valence-electron chi connectivity index (χ3n) is 3.47. The van der Waals surface area contributed by atoms with Crippen LogP contribution in [0, 0.1) is 0 Å². The van der Waals surface area contributed by atoms with Gasteiger partial charge in [0.2, 0.25) is 5.95 Å². The van der Waals surface area contributed by atoms with Crippen molar-refractivity contribution in [3.05, 3.63) is 12.4 Å². The lowest BCUT2D eigenvalue weighted by Gasteiger charge is -2.20. The van der Waals surface area contributed by atoms with Crippen molar-refractivity contribution in [3.63, 3.8) is 0 Å². The first-order chi connectivity index (χ1) is 8.72. The molecule has 104 valence electrons. The Morgan fingerprint density at radius 3 is 2.67 bits per heavy atom. The highest BCUT2D eigenvalue weighted by molar-refractivity contribution is 5.26. The summed E-state index contributed by atoms with van der Waals surface area (Å²) in [4.78, 5) is 6.82. The van der Waals surface area contributed by atoms with Crippen molar-refractivity contribution in [3.8, 4) is 0 Å². The molecule has 4 nitrogen and oxygen atoms in total. The highest BCUT2D eigenvalue weighted by atomic mass is 15.2. The summed E-state index contributed by atoms with van der Waals surface area (Å²) >= 11 is 0. The zero-order valence-corrected chi connectivity index (χ0v) is 12.3. The van der Waals surface area contributed by atoms with Gasteiger partial charge in [-0.05, 0) is 46.3 Å². The van der Waals surface area contributed by atoms with E-state index < -0.39 is 0 Å². The van der Waals surface area contributed by atoms with Gasteiger partial charge in [0.1, 0.15) is 0 Å². The van der Waals surface area contributed by atoms with Gasteiger partial charge in [0, 0.05) is 25.0 Å². The molecule has 0 amide bonds. The summed E-state index contributed by atoms with van der Waals surface area (Å²) in [7, 11) is 0. The van der Waals surface area contributed by atoms with Gasteiger partial charge >= 0.3 is 0 Å². The van der Waals surface area contributed by atoms with E-state index in [1.807, 2.05) is 6.20 Å². The third kappa shape index (κ3) is 4.33. The molecular weight excluding hydrogens is 224 g/mol. The minimum atomic E-state index is 0.511. The molecule has 1 rings (SSSR count). The van der Waals surface area contributed by atoms with E-state index >= 15 is 0 Å². The van der Waals surface area contributed by atoms with Crippen molar-refractivity contribution in [2.45, 2.75) is 46.6 Å². The van der Waals surface area contributed by atoms with Crippen LogP contribution in [0.15, 0.2) is 12.4 Å². The first-order valence-corrected chi connectivity index (χ1v) is 7.21. The number of nitrogens with one attached hydrogen (secondary N) is 1. The molecule has 1 atom stereocenters. The van der Waals surface area contributed by atoms with Gasteiger partial charge in [-0.25, -0.2) is 4.98 Å². The van der Waals surface area contributed by atoms with E-state index in [9.17, 15) is 0 Å².